The van der Waals surface area contributed by atoms with E-state index in [9.17, 15) is 4.79 Å². The Balaban J connectivity index is 1.57. The summed E-state index contributed by atoms with van der Waals surface area (Å²) in [6, 6.07) is 24.9. The second-order valence-corrected chi connectivity index (χ2v) is 6.76. The topological polar surface area (TPSA) is 56.1 Å². The summed E-state index contributed by atoms with van der Waals surface area (Å²) in [6.07, 6.45) is 1.58. The minimum Gasteiger partial charge on any atom is -0.455 e. The molecule has 0 bridgehead atoms. The molecule has 0 fully saturated rings. The van der Waals surface area contributed by atoms with Gasteiger partial charge in [-0.25, -0.2) is 4.68 Å². The van der Waals surface area contributed by atoms with E-state index in [1.165, 1.54) is 0 Å². The summed E-state index contributed by atoms with van der Waals surface area (Å²) in [7, 11) is 0. The van der Waals surface area contributed by atoms with Gasteiger partial charge >= 0.3 is 0 Å². The molecule has 0 aliphatic rings. The third-order valence-corrected chi connectivity index (χ3v) is 4.64. The number of rotatable bonds is 5. The van der Waals surface area contributed by atoms with E-state index < -0.39 is 0 Å². The maximum Gasteiger partial charge on any atom is 0.259 e. The maximum atomic E-state index is 12.9. The predicted molar refractivity (Wildman–Crippen MR) is 114 cm³/mol. The van der Waals surface area contributed by atoms with Gasteiger partial charge in [0, 0.05) is 0 Å². The molecule has 4 rings (SSSR count). The lowest BCUT2D eigenvalue weighted by molar-refractivity contribution is 0.102. The van der Waals surface area contributed by atoms with Gasteiger partial charge < -0.3 is 10.1 Å². The Morgan fingerprint density at radius 1 is 0.897 bits per heavy atom. The van der Waals surface area contributed by atoms with Crippen molar-refractivity contribution in [1.29, 1.82) is 0 Å². The van der Waals surface area contributed by atoms with Crippen LogP contribution in [0.2, 0.25) is 0 Å². The molecule has 3 aromatic carbocycles. The van der Waals surface area contributed by atoms with Gasteiger partial charge in [0.2, 0.25) is 0 Å². The molecule has 0 aliphatic carbocycles. The molecule has 144 valence electrons. The zero-order valence-corrected chi connectivity index (χ0v) is 16.3. The van der Waals surface area contributed by atoms with E-state index in [-0.39, 0.29) is 5.91 Å². The summed E-state index contributed by atoms with van der Waals surface area (Å²) in [5.41, 5.74) is 3.95. The van der Waals surface area contributed by atoms with Crippen LogP contribution in [-0.2, 0) is 0 Å². The molecule has 4 aromatic rings. The van der Waals surface area contributed by atoms with Crippen LogP contribution >= 0.6 is 0 Å². The SMILES string of the molecule is Cc1ccc(Oc2ccccc2NC(=O)c2cnn(-c3ccccc3)c2C)cc1. The fraction of sp³-hybridized carbons (Fsp3) is 0.0833. The van der Waals surface area contributed by atoms with Crippen molar-refractivity contribution in [3.05, 3.63) is 102 Å². The number of nitrogens with zero attached hydrogens (tertiary/aromatic N) is 2. The molecule has 0 saturated carbocycles. The molecule has 0 atom stereocenters. The molecule has 1 amide bonds. The molecule has 1 heterocycles. The summed E-state index contributed by atoms with van der Waals surface area (Å²) in [6.45, 7) is 3.90. The average molecular weight is 383 g/mol. The number of ether oxygens (including phenoxy) is 1. The van der Waals surface area contributed by atoms with Gasteiger partial charge in [-0.05, 0) is 50.2 Å². The van der Waals surface area contributed by atoms with Crippen LogP contribution in [0.25, 0.3) is 5.69 Å². The van der Waals surface area contributed by atoms with Crippen LogP contribution in [0.5, 0.6) is 11.5 Å². The first-order valence-electron chi connectivity index (χ1n) is 9.37. The van der Waals surface area contributed by atoms with Crippen molar-refractivity contribution in [3.8, 4) is 17.2 Å². The first-order chi connectivity index (χ1) is 14.1. The fourth-order valence-corrected chi connectivity index (χ4v) is 3.04. The number of aromatic nitrogens is 2. The lowest BCUT2D eigenvalue weighted by atomic mass is 10.2. The summed E-state index contributed by atoms with van der Waals surface area (Å²) in [5, 5.41) is 7.32. The molecule has 29 heavy (non-hydrogen) atoms. The van der Waals surface area contributed by atoms with Gasteiger partial charge in [-0.2, -0.15) is 5.10 Å². The quantitative estimate of drug-likeness (QED) is 0.493. The zero-order chi connectivity index (χ0) is 20.2. The van der Waals surface area contributed by atoms with Crippen molar-refractivity contribution in [3.63, 3.8) is 0 Å². The molecular formula is C24H21N3O2. The normalized spacial score (nSPS) is 10.6. The highest BCUT2D eigenvalue weighted by molar-refractivity contribution is 6.05. The number of amides is 1. The van der Waals surface area contributed by atoms with Crippen LogP contribution in [-0.4, -0.2) is 15.7 Å². The van der Waals surface area contributed by atoms with Crippen LogP contribution in [0.1, 0.15) is 21.6 Å². The van der Waals surface area contributed by atoms with Crippen molar-refractivity contribution in [2.24, 2.45) is 0 Å². The maximum absolute atomic E-state index is 12.9. The van der Waals surface area contributed by atoms with E-state index in [1.54, 1.807) is 10.9 Å². The summed E-state index contributed by atoms with van der Waals surface area (Å²) in [5.74, 6) is 1.06. The first-order valence-corrected chi connectivity index (χ1v) is 9.37. The monoisotopic (exact) mass is 383 g/mol. The van der Waals surface area contributed by atoms with Crippen molar-refractivity contribution < 1.29 is 9.53 Å². The summed E-state index contributed by atoms with van der Waals surface area (Å²) < 4.78 is 7.72. The molecule has 0 spiro atoms. The second kappa shape index (κ2) is 8.02. The van der Waals surface area contributed by atoms with Gasteiger partial charge in [-0.15, -0.1) is 0 Å². The fourth-order valence-electron chi connectivity index (χ4n) is 3.04. The molecule has 5 nitrogen and oxygen atoms in total. The van der Waals surface area contributed by atoms with Crippen LogP contribution in [0.15, 0.2) is 85.1 Å². The number of hydrogen-bond donors (Lipinski definition) is 1. The Morgan fingerprint density at radius 2 is 1.59 bits per heavy atom. The standard InChI is InChI=1S/C24H21N3O2/c1-17-12-14-20(15-13-17)29-23-11-7-6-10-22(23)26-24(28)21-16-25-27(18(21)2)19-8-4-3-5-9-19/h3-16H,1-2H3,(H,26,28). The Kier molecular flexibility index (Phi) is 5.12. The summed E-state index contributed by atoms with van der Waals surface area (Å²) in [4.78, 5) is 12.9. The van der Waals surface area contributed by atoms with Gasteiger partial charge in [-0.1, -0.05) is 48.0 Å². The van der Waals surface area contributed by atoms with Gasteiger partial charge in [0.1, 0.15) is 5.75 Å². The van der Waals surface area contributed by atoms with E-state index in [1.807, 2.05) is 92.7 Å². The van der Waals surface area contributed by atoms with E-state index in [0.29, 0.717) is 22.7 Å². The summed E-state index contributed by atoms with van der Waals surface area (Å²) >= 11 is 0. The average Bonchev–Trinajstić information content (AvgIpc) is 3.13. The number of carbonyl (C=O) groups excluding carboxylic acids is 1. The second-order valence-electron chi connectivity index (χ2n) is 6.76. The minimum absolute atomic E-state index is 0.232. The Labute approximate surface area is 169 Å². The number of benzene rings is 3. The van der Waals surface area contributed by atoms with E-state index in [0.717, 1.165) is 16.9 Å². The third kappa shape index (κ3) is 4.04. The molecular weight excluding hydrogens is 362 g/mol. The van der Waals surface area contributed by atoms with Gasteiger partial charge in [0.05, 0.1) is 28.8 Å². The Hall–Kier alpha value is -3.86. The van der Waals surface area contributed by atoms with E-state index >= 15 is 0 Å². The molecule has 1 N–H and O–H groups in total. The van der Waals surface area contributed by atoms with Crippen LogP contribution in [0, 0.1) is 13.8 Å². The molecule has 0 aliphatic heterocycles. The zero-order valence-electron chi connectivity index (χ0n) is 16.3. The highest BCUT2D eigenvalue weighted by Gasteiger charge is 2.17. The highest BCUT2D eigenvalue weighted by Crippen LogP contribution is 2.30. The molecule has 0 unspecified atom stereocenters. The minimum atomic E-state index is -0.232. The van der Waals surface area contributed by atoms with E-state index in [2.05, 4.69) is 10.4 Å². The van der Waals surface area contributed by atoms with E-state index in [4.69, 9.17) is 4.74 Å². The first kappa shape index (κ1) is 18.5. The predicted octanol–water partition coefficient (Wildman–Crippen LogP) is 5.53. The van der Waals surface area contributed by atoms with Gasteiger partial charge in [-0.3, -0.25) is 4.79 Å². The van der Waals surface area contributed by atoms with Crippen LogP contribution in [0.4, 0.5) is 5.69 Å². The van der Waals surface area contributed by atoms with Crippen LogP contribution < -0.4 is 10.1 Å². The van der Waals surface area contributed by atoms with Crippen molar-refractivity contribution in [2.75, 3.05) is 5.32 Å². The Bertz CT molecular complexity index is 1130. The van der Waals surface area contributed by atoms with Gasteiger partial charge in [0.25, 0.3) is 5.91 Å². The van der Waals surface area contributed by atoms with Crippen molar-refractivity contribution in [1.82, 2.24) is 9.78 Å². The lowest BCUT2D eigenvalue weighted by Gasteiger charge is -2.12. The highest BCUT2D eigenvalue weighted by atomic mass is 16.5. The number of aryl methyl sites for hydroxylation is 1. The number of nitrogens with one attached hydrogen (secondary N) is 1. The number of hydrogen-bond acceptors (Lipinski definition) is 3. The number of anilines is 1. The smallest absolute Gasteiger partial charge is 0.259 e. The van der Waals surface area contributed by atoms with Gasteiger partial charge in [0.15, 0.2) is 5.75 Å². The van der Waals surface area contributed by atoms with Crippen molar-refractivity contribution in [2.45, 2.75) is 13.8 Å². The number of para-hydroxylation sites is 3. The molecule has 0 radical (unpaired) electrons. The lowest BCUT2D eigenvalue weighted by Crippen LogP contribution is -2.13. The molecule has 5 heteroatoms. The molecule has 1 aromatic heterocycles. The molecule has 0 saturated heterocycles. The largest absolute Gasteiger partial charge is 0.455 e. The number of carbonyl (C=O) groups is 1. The Morgan fingerprint density at radius 3 is 2.34 bits per heavy atom. The van der Waals surface area contributed by atoms with Crippen molar-refractivity contribution >= 4 is 11.6 Å². The van der Waals surface area contributed by atoms with Crippen LogP contribution in [0.3, 0.4) is 0 Å². The third-order valence-electron chi connectivity index (χ3n) is 4.64.